The van der Waals surface area contributed by atoms with Gasteiger partial charge in [0.15, 0.2) is 0 Å². The van der Waals surface area contributed by atoms with E-state index in [0.717, 1.165) is 22.2 Å². The molecule has 100 valence electrons. The van der Waals surface area contributed by atoms with Crippen molar-refractivity contribution < 1.29 is 14.3 Å². The molecule has 0 saturated heterocycles. The summed E-state index contributed by atoms with van der Waals surface area (Å²) < 4.78 is 11.5. The first-order valence-electron chi connectivity index (χ1n) is 6.09. The van der Waals surface area contributed by atoms with Gasteiger partial charge >= 0.3 is 0 Å². The summed E-state index contributed by atoms with van der Waals surface area (Å²) in [4.78, 5) is 11.8. The van der Waals surface area contributed by atoms with E-state index in [1.165, 1.54) is 0 Å². The van der Waals surface area contributed by atoms with Crippen molar-refractivity contribution in [2.24, 2.45) is 0 Å². The lowest BCUT2D eigenvalue weighted by Crippen LogP contribution is -2.08. The number of methoxy groups -OCH3 is 1. The van der Waals surface area contributed by atoms with E-state index in [0.29, 0.717) is 26.1 Å². The number of hydrogen-bond acceptors (Lipinski definition) is 3. The van der Waals surface area contributed by atoms with Gasteiger partial charge in [0.25, 0.3) is 0 Å². The minimum absolute atomic E-state index is 0.169. The summed E-state index contributed by atoms with van der Waals surface area (Å²) in [5, 5.41) is 0. The average Bonchev–Trinajstić information content (AvgIpc) is 2.35. The summed E-state index contributed by atoms with van der Waals surface area (Å²) >= 11 is 3.40. The first-order chi connectivity index (χ1) is 8.67. The second-order valence-electron chi connectivity index (χ2n) is 4.03. The van der Waals surface area contributed by atoms with E-state index in [4.69, 9.17) is 9.47 Å². The molecule has 0 bridgehead atoms. The third kappa shape index (κ3) is 5.19. The van der Waals surface area contributed by atoms with Crippen molar-refractivity contribution in [2.75, 3.05) is 20.3 Å². The van der Waals surface area contributed by atoms with E-state index in [-0.39, 0.29) is 5.78 Å². The summed E-state index contributed by atoms with van der Waals surface area (Å²) in [6.45, 7) is 3.27. The monoisotopic (exact) mass is 314 g/mol. The van der Waals surface area contributed by atoms with Crippen molar-refractivity contribution in [1.82, 2.24) is 0 Å². The molecular formula is C14H19BrO3. The molecule has 0 fully saturated rings. The molecule has 0 atom stereocenters. The lowest BCUT2D eigenvalue weighted by Gasteiger charge is -2.08. The SMILES string of the molecule is CCCOCCC(=O)Cc1cc(Br)ccc1OC. The van der Waals surface area contributed by atoms with Crippen molar-refractivity contribution in [3.8, 4) is 5.75 Å². The largest absolute Gasteiger partial charge is 0.496 e. The number of rotatable bonds is 8. The van der Waals surface area contributed by atoms with E-state index in [9.17, 15) is 4.79 Å². The Balaban J connectivity index is 2.50. The fourth-order valence-electron chi connectivity index (χ4n) is 1.62. The molecule has 0 aliphatic carbocycles. The van der Waals surface area contributed by atoms with Gasteiger partial charge in [0.05, 0.1) is 13.7 Å². The third-order valence-electron chi connectivity index (χ3n) is 2.50. The van der Waals surface area contributed by atoms with Gasteiger partial charge in [-0.2, -0.15) is 0 Å². The molecule has 0 radical (unpaired) electrons. The molecule has 1 aromatic carbocycles. The van der Waals surface area contributed by atoms with E-state index in [2.05, 4.69) is 15.9 Å². The number of hydrogen-bond donors (Lipinski definition) is 0. The minimum atomic E-state index is 0.169. The van der Waals surface area contributed by atoms with Gasteiger partial charge in [0.2, 0.25) is 0 Å². The van der Waals surface area contributed by atoms with Crippen LogP contribution in [0.15, 0.2) is 22.7 Å². The first-order valence-corrected chi connectivity index (χ1v) is 6.88. The van der Waals surface area contributed by atoms with Crippen LogP contribution in [-0.2, 0) is 16.0 Å². The van der Waals surface area contributed by atoms with E-state index >= 15 is 0 Å². The van der Waals surface area contributed by atoms with Crippen molar-refractivity contribution in [3.05, 3.63) is 28.2 Å². The maximum absolute atomic E-state index is 11.8. The van der Waals surface area contributed by atoms with E-state index in [1.54, 1.807) is 7.11 Å². The van der Waals surface area contributed by atoms with Crippen LogP contribution in [0, 0.1) is 0 Å². The van der Waals surface area contributed by atoms with Gasteiger partial charge in [-0.3, -0.25) is 4.79 Å². The number of ketones is 1. The molecule has 0 heterocycles. The standard InChI is InChI=1S/C14H19BrO3/c1-3-7-18-8-6-13(16)10-11-9-12(15)4-5-14(11)17-2/h4-5,9H,3,6-8,10H2,1-2H3. The van der Waals surface area contributed by atoms with Crippen LogP contribution in [0.4, 0.5) is 0 Å². The summed E-state index contributed by atoms with van der Waals surface area (Å²) in [7, 11) is 1.61. The van der Waals surface area contributed by atoms with Crippen LogP contribution in [0.3, 0.4) is 0 Å². The predicted octanol–water partition coefficient (Wildman–Crippen LogP) is 3.39. The molecule has 0 unspecified atom stereocenters. The number of ether oxygens (including phenoxy) is 2. The summed E-state index contributed by atoms with van der Waals surface area (Å²) in [6.07, 6.45) is 1.82. The van der Waals surface area contributed by atoms with Crippen LogP contribution >= 0.6 is 15.9 Å². The molecule has 0 amide bonds. The van der Waals surface area contributed by atoms with Crippen molar-refractivity contribution in [1.29, 1.82) is 0 Å². The molecule has 0 aliphatic heterocycles. The number of Topliss-reactive ketones (excluding diaryl/α,β-unsaturated/α-hetero) is 1. The normalized spacial score (nSPS) is 10.4. The van der Waals surface area contributed by atoms with Crippen LogP contribution in [0.2, 0.25) is 0 Å². The number of carbonyl (C=O) groups is 1. The Hall–Kier alpha value is -0.870. The second-order valence-corrected chi connectivity index (χ2v) is 4.95. The molecule has 0 aliphatic rings. The Labute approximate surface area is 117 Å². The van der Waals surface area contributed by atoms with Gasteiger partial charge in [-0.25, -0.2) is 0 Å². The molecule has 4 heteroatoms. The van der Waals surface area contributed by atoms with Gasteiger partial charge < -0.3 is 9.47 Å². The Kier molecular flexibility index (Phi) is 6.98. The number of carbonyl (C=O) groups excluding carboxylic acids is 1. The van der Waals surface area contributed by atoms with Gasteiger partial charge in [-0.05, 0) is 24.6 Å². The average molecular weight is 315 g/mol. The van der Waals surface area contributed by atoms with Gasteiger partial charge in [0, 0.05) is 29.5 Å². The van der Waals surface area contributed by atoms with Crippen LogP contribution in [0.25, 0.3) is 0 Å². The minimum Gasteiger partial charge on any atom is -0.496 e. The van der Waals surface area contributed by atoms with Crippen molar-refractivity contribution in [3.63, 3.8) is 0 Å². The van der Waals surface area contributed by atoms with Gasteiger partial charge in [-0.1, -0.05) is 22.9 Å². The number of halogens is 1. The van der Waals surface area contributed by atoms with Crippen LogP contribution < -0.4 is 4.74 Å². The maximum Gasteiger partial charge on any atom is 0.139 e. The molecule has 0 spiro atoms. The Morgan fingerprint density at radius 3 is 2.78 bits per heavy atom. The molecule has 1 rings (SSSR count). The second kappa shape index (κ2) is 8.27. The smallest absolute Gasteiger partial charge is 0.139 e. The van der Waals surface area contributed by atoms with Crippen LogP contribution in [0.5, 0.6) is 5.75 Å². The zero-order valence-corrected chi connectivity index (χ0v) is 12.5. The highest BCUT2D eigenvalue weighted by Gasteiger charge is 2.09. The molecule has 0 N–H and O–H groups in total. The maximum atomic E-state index is 11.8. The highest BCUT2D eigenvalue weighted by Crippen LogP contribution is 2.23. The van der Waals surface area contributed by atoms with Gasteiger partial charge in [0.1, 0.15) is 11.5 Å². The summed E-state index contributed by atoms with van der Waals surface area (Å²) in [6, 6.07) is 5.68. The molecule has 18 heavy (non-hydrogen) atoms. The topological polar surface area (TPSA) is 35.5 Å². The van der Waals surface area contributed by atoms with Crippen LogP contribution in [0.1, 0.15) is 25.3 Å². The Morgan fingerprint density at radius 1 is 1.33 bits per heavy atom. The fraction of sp³-hybridized carbons (Fsp3) is 0.500. The molecule has 1 aromatic rings. The Bertz CT molecular complexity index is 391. The quantitative estimate of drug-likeness (QED) is 0.690. The molecule has 0 saturated carbocycles. The molecule has 3 nitrogen and oxygen atoms in total. The Morgan fingerprint density at radius 2 is 2.11 bits per heavy atom. The summed E-state index contributed by atoms with van der Waals surface area (Å²) in [5.41, 5.74) is 0.910. The van der Waals surface area contributed by atoms with E-state index in [1.807, 2.05) is 25.1 Å². The summed E-state index contributed by atoms with van der Waals surface area (Å²) in [5.74, 6) is 0.920. The zero-order chi connectivity index (χ0) is 13.4. The lowest BCUT2D eigenvalue weighted by atomic mass is 10.1. The lowest BCUT2D eigenvalue weighted by molar-refractivity contribution is -0.119. The third-order valence-corrected chi connectivity index (χ3v) is 3.00. The predicted molar refractivity (Wildman–Crippen MR) is 75.1 cm³/mol. The highest BCUT2D eigenvalue weighted by atomic mass is 79.9. The molecule has 0 aromatic heterocycles. The van der Waals surface area contributed by atoms with E-state index < -0.39 is 0 Å². The zero-order valence-electron chi connectivity index (χ0n) is 10.9. The first kappa shape index (κ1) is 15.2. The van der Waals surface area contributed by atoms with Crippen molar-refractivity contribution >= 4 is 21.7 Å². The number of benzene rings is 1. The highest BCUT2D eigenvalue weighted by molar-refractivity contribution is 9.10. The fourth-order valence-corrected chi connectivity index (χ4v) is 2.03. The van der Waals surface area contributed by atoms with Crippen molar-refractivity contribution in [2.45, 2.75) is 26.2 Å². The van der Waals surface area contributed by atoms with Gasteiger partial charge in [-0.15, -0.1) is 0 Å². The van der Waals surface area contributed by atoms with Crippen LogP contribution in [-0.4, -0.2) is 26.1 Å². The molecular weight excluding hydrogens is 296 g/mol.